The van der Waals surface area contributed by atoms with Crippen LogP contribution in [-0.2, 0) is 4.79 Å². The van der Waals surface area contributed by atoms with Crippen molar-refractivity contribution in [3.05, 3.63) is 23.3 Å². The first kappa shape index (κ1) is 15.8. The van der Waals surface area contributed by atoms with Gasteiger partial charge in [0, 0.05) is 17.8 Å². The Bertz CT molecular complexity index is 457. The van der Waals surface area contributed by atoms with Crippen LogP contribution in [0, 0.1) is 19.8 Å². The zero-order chi connectivity index (χ0) is 13.1. The standard InChI is InChI=1S/C14H20N2O2.ClH/c1-9-4-5-12(10(2)13(9)18-3)16-14(17)11-6-7-15-8-11;/h4-5,11,15H,6-8H2,1-3H3,(H,16,17);1H. The average molecular weight is 285 g/mol. The fraction of sp³-hybridized carbons (Fsp3) is 0.500. The summed E-state index contributed by atoms with van der Waals surface area (Å²) in [7, 11) is 1.65. The molecule has 1 aliphatic heterocycles. The molecule has 5 heteroatoms. The molecular weight excluding hydrogens is 264 g/mol. The molecule has 1 aromatic carbocycles. The number of aryl methyl sites for hydroxylation is 1. The predicted molar refractivity (Wildman–Crippen MR) is 79.3 cm³/mol. The Morgan fingerprint density at radius 1 is 1.42 bits per heavy atom. The molecule has 1 atom stereocenters. The summed E-state index contributed by atoms with van der Waals surface area (Å²) in [5, 5.41) is 6.19. The number of carbonyl (C=O) groups excluding carboxylic acids is 1. The molecule has 19 heavy (non-hydrogen) atoms. The molecule has 0 spiro atoms. The van der Waals surface area contributed by atoms with Crippen LogP contribution in [0.5, 0.6) is 5.75 Å². The number of ether oxygens (including phenoxy) is 1. The third-order valence-corrected chi connectivity index (χ3v) is 3.50. The third-order valence-electron chi connectivity index (χ3n) is 3.50. The second-order valence-corrected chi connectivity index (χ2v) is 4.77. The van der Waals surface area contributed by atoms with Crippen molar-refractivity contribution in [2.24, 2.45) is 5.92 Å². The highest BCUT2D eigenvalue weighted by molar-refractivity contribution is 5.94. The Labute approximate surface area is 120 Å². The van der Waals surface area contributed by atoms with E-state index in [9.17, 15) is 4.79 Å². The lowest BCUT2D eigenvalue weighted by Crippen LogP contribution is -2.25. The van der Waals surface area contributed by atoms with E-state index in [0.29, 0.717) is 0 Å². The van der Waals surface area contributed by atoms with Crippen LogP contribution < -0.4 is 15.4 Å². The molecule has 0 radical (unpaired) electrons. The predicted octanol–water partition coefficient (Wildman–Crippen LogP) is 2.28. The molecule has 1 aromatic rings. The number of methoxy groups -OCH3 is 1. The summed E-state index contributed by atoms with van der Waals surface area (Å²) in [6, 6.07) is 3.90. The molecule has 1 unspecified atom stereocenters. The molecule has 2 rings (SSSR count). The average Bonchev–Trinajstić information content (AvgIpc) is 2.87. The van der Waals surface area contributed by atoms with Crippen LogP contribution in [0.1, 0.15) is 17.5 Å². The van der Waals surface area contributed by atoms with Crippen molar-refractivity contribution in [3.8, 4) is 5.75 Å². The van der Waals surface area contributed by atoms with Gasteiger partial charge in [-0.25, -0.2) is 0 Å². The van der Waals surface area contributed by atoms with Gasteiger partial charge in [-0.3, -0.25) is 4.79 Å². The van der Waals surface area contributed by atoms with E-state index in [0.717, 1.165) is 42.1 Å². The SMILES string of the molecule is COc1c(C)ccc(NC(=O)C2CCNC2)c1C.Cl. The maximum absolute atomic E-state index is 12.1. The number of hydrogen-bond donors (Lipinski definition) is 2. The van der Waals surface area contributed by atoms with E-state index in [-0.39, 0.29) is 24.2 Å². The van der Waals surface area contributed by atoms with Crippen molar-refractivity contribution >= 4 is 24.0 Å². The Morgan fingerprint density at radius 2 is 2.16 bits per heavy atom. The molecule has 1 saturated heterocycles. The fourth-order valence-electron chi connectivity index (χ4n) is 2.39. The van der Waals surface area contributed by atoms with Gasteiger partial charge in [-0.2, -0.15) is 0 Å². The van der Waals surface area contributed by atoms with Gasteiger partial charge in [0.2, 0.25) is 5.91 Å². The minimum Gasteiger partial charge on any atom is -0.496 e. The van der Waals surface area contributed by atoms with Crippen molar-refractivity contribution in [1.82, 2.24) is 5.32 Å². The minimum atomic E-state index is 0. The molecule has 1 amide bonds. The van der Waals surface area contributed by atoms with Gasteiger partial charge >= 0.3 is 0 Å². The van der Waals surface area contributed by atoms with E-state index in [1.165, 1.54) is 0 Å². The van der Waals surface area contributed by atoms with Gasteiger partial charge < -0.3 is 15.4 Å². The van der Waals surface area contributed by atoms with E-state index in [1.807, 2.05) is 26.0 Å². The van der Waals surface area contributed by atoms with Gasteiger partial charge in [0.25, 0.3) is 0 Å². The second kappa shape index (κ2) is 6.78. The topological polar surface area (TPSA) is 50.4 Å². The highest BCUT2D eigenvalue weighted by Crippen LogP contribution is 2.29. The highest BCUT2D eigenvalue weighted by Gasteiger charge is 2.23. The number of halogens is 1. The lowest BCUT2D eigenvalue weighted by molar-refractivity contribution is -0.119. The Balaban J connectivity index is 0.00000180. The zero-order valence-electron chi connectivity index (χ0n) is 11.6. The lowest BCUT2D eigenvalue weighted by Gasteiger charge is -2.15. The molecule has 2 N–H and O–H groups in total. The smallest absolute Gasteiger partial charge is 0.228 e. The molecule has 1 aliphatic rings. The first-order valence-corrected chi connectivity index (χ1v) is 6.29. The first-order valence-electron chi connectivity index (χ1n) is 6.29. The molecule has 1 heterocycles. The van der Waals surface area contributed by atoms with Crippen LogP contribution in [0.2, 0.25) is 0 Å². The van der Waals surface area contributed by atoms with E-state index >= 15 is 0 Å². The normalized spacial score (nSPS) is 17.7. The molecule has 0 aliphatic carbocycles. The quantitative estimate of drug-likeness (QED) is 0.895. The van der Waals surface area contributed by atoms with Crippen LogP contribution >= 0.6 is 12.4 Å². The van der Waals surface area contributed by atoms with Gasteiger partial charge in [-0.15, -0.1) is 12.4 Å². The summed E-state index contributed by atoms with van der Waals surface area (Å²) in [5.74, 6) is 1.02. The molecule has 0 aromatic heterocycles. The maximum atomic E-state index is 12.1. The summed E-state index contributed by atoms with van der Waals surface area (Å²) < 4.78 is 5.36. The monoisotopic (exact) mass is 284 g/mol. The van der Waals surface area contributed by atoms with E-state index < -0.39 is 0 Å². The van der Waals surface area contributed by atoms with Gasteiger partial charge in [-0.1, -0.05) is 6.07 Å². The molecular formula is C14H21ClN2O2. The van der Waals surface area contributed by atoms with Crippen LogP contribution in [0.3, 0.4) is 0 Å². The Morgan fingerprint density at radius 3 is 2.74 bits per heavy atom. The highest BCUT2D eigenvalue weighted by atomic mass is 35.5. The lowest BCUT2D eigenvalue weighted by atomic mass is 10.1. The van der Waals surface area contributed by atoms with E-state index in [2.05, 4.69) is 10.6 Å². The van der Waals surface area contributed by atoms with Crippen molar-refractivity contribution < 1.29 is 9.53 Å². The van der Waals surface area contributed by atoms with Crippen LogP contribution in [0.15, 0.2) is 12.1 Å². The van der Waals surface area contributed by atoms with Crippen molar-refractivity contribution in [1.29, 1.82) is 0 Å². The summed E-state index contributed by atoms with van der Waals surface area (Å²) in [6.07, 6.45) is 0.911. The van der Waals surface area contributed by atoms with Gasteiger partial charge in [-0.05, 0) is 38.4 Å². The number of rotatable bonds is 3. The number of anilines is 1. The van der Waals surface area contributed by atoms with Crippen LogP contribution in [0.4, 0.5) is 5.69 Å². The van der Waals surface area contributed by atoms with Crippen molar-refractivity contribution in [3.63, 3.8) is 0 Å². The molecule has 0 saturated carbocycles. The Hall–Kier alpha value is -1.26. The van der Waals surface area contributed by atoms with Crippen LogP contribution in [0.25, 0.3) is 0 Å². The van der Waals surface area contributed by atoms with Crippen LogP contribution in [-0.4, -0.2) is 26.1 Å². The molecule has 106 valence electrons. The first-order chi connectivity index (χ1) is 8.63. The second-order valence-electron chi connectivity index (χ2n) is 4.77. The summed E-state index contributed by atoms with van der Waals surface area (Å²) in [6.45, 7) is 5.66. The summed E-state index contributed by atoms with van der Waals surface area (Å²) in [4.78, 5) is 12.1. The summed E-state index contributed by atoms with van der Waals surface area (Å²) in [5.41, 5.74) is 2.90. The minimum absolute atomic E-state index is 0. The van der Waals surface area contributed by atoms with Gasteiger partial charge in [0.1, 0.15) is 5.75 Å². The number of amides is 1. The van der Waals surface area contributed by atoms with Crippen molar-refractivity contribution in [2.75, 3.05) is 25.5 Å². The maximum Gasteiger partial charge on any atom is 0.228 e. The Kier molecular flexibility index (Phi) is 5.63. The fourth-order valence-corrected chi connectivity index (χ4v) is 2.39. The van der Waals surface area contributed by atoms with E-state index in [4.69, 9.17) is 4.74 Å². The van der Waals surface area contributed by atoms with Gasteiger partial charge in [0.05, 0.1) is 13.0 Å². The van der Waals surface area contributed by atoms with E-state index in [1.54, 1.807) is 7.11 Å². The summed E-state index contributed by atoms with van der Waals surface area (Å²) >= 11 is 0. The van der Waals surface area contributed by atoms with Gasteiger partial charge in [0.15, 0.2) is 0 Å². The molecule has 4 nitrogen and oxygen atoms in total. The number of carbonyl (C=O) groups is 1. The van der Waals surface area contributed by atoms with Crippen molar-refractivity contribution in [2.45, 2.75) is 20.3 Å². The number of nitrogens with one attached hydrogen (secondary N) is 2. The zero-order valence-corrected chi connectivity index (χ0v) is 12.4. The molecule has 1 fully saturated rings. The largest absolute Gasteiger partial charge is 0.496 e. The number of hydrogen-bond acceptors (Lipinski definition) is 3. The third kappa shape index (κ3) is 3.39. The molecule has 0 bridgehead atoms. The number of benzene rings is 1.